The van der Waals surface area contributed by atoms with Crippen molar-refractivity contribution >= 4 is 23.0 Å². The number of carboxylic acids is 1. The molecule has 2 rings (SSSR count). The van der Waals surface area contributed by atoms with Crippen molar-refractivity contribution in [1.29, 1.82) is 0 Å². The molecule has 7 heteroatoms. The van der Waals surface area contributed by atoms with E-state index in [1.807, 2.05) is 0 Å². The van der Waals surface area contributed by atoms with E-state index in [-0.39, 0.29) is 13.0 Å². The van der Waals surface area contributed by atoms with Crippen LogP contribution in [0.3, 0.4) is 0 Å². The Morgan fingerprint density at radius 3 is 3.13 bits per heavy atom. The molecule has 0 fully saturated rings. The number of carbonyl (C=O) groups is 1. The Hall–Kier alpha value is -2.18. The van der Waals surface area contributed by atoms with E-state index in [0.717, 1.165) is 0 Å². The summed E-state index contributed by atoms with van der Waals surface area (Å²) >= 11 is 0. The SMILES string of the molecule is O=C(O)CCNc1ncnc2ocnc12. The molecule has 0 aromatic carbocycles. The summed E-state index contributed by atoms with van der Waals surface area (Å²) in [5, 5.41) is 11.3. The van der Waals surface area contributed by atoms with Gasteiger partial charge in [-0.25, -0.2) is 9.97 Å². The number of hydrogen-bond donors (Lipinski definition) is 2. The topological polar surface area (TPSA) is 101 Å². The Balaban J connectivity index is 2.13. The summed E-state index contributed by atoms with van der Waals surface area (Å²) in [6.07, 6.45) is 2.61. The maximum Gasteiger partial charge on any atom is 0.305 e. The smallest absolute Gasteiger partial charge is 0.305 e. The lowest BCUT2D eigenvalue weighted by molar-refractivity contribution is -0.136. The van der Waals surface area contributed by atoms with Crippen molar-refractivity contribution in [2.45, 2.75) is 6.42 Å². The number of carboxylic acid groups (broad SMARTS) is 1. The van der Waals surface area contributed by atoms with E-state index >= 15 is 0 Å². The highest BCUT2D eigenvalue weighted by Crippen LogP contribution is 2.15. The van der Waals surface area contributed by atoms with Gasteiger partial charge in [0.1, 0.15) is 6.33 Å². The van der Waals surface area contributed by atoms with Gasteiger partial charge in [-0.15, -0.1) is 0 Å². The first-order valence-corrected chi connectivity index (χ1v) is 4.27. The molecule has 0 aliphatic heterocycles. The Kier molecular flexibility index (Phi) is 2.44. The fourth-order valence-electron chi connectivity index (χ4n) is 1.11. The van der Waals surface area contributed by atoms with Gasteiger partial charge in [0.05, 0.1) is 6.42 Å². The Morgan fingerprint density at radius 2 is 2.33 bits per heavy atom. The van der Waals surface area contributed by atoms with Crippen molar-refractivity contribution in [2.75, 3.05) is 11.9 Å². The lowest BCUT2D eigenvalue weighted by Gasteiger charge is -2.02. The van der Waals surface area contributed by atoms with Gasteiger partial charge in [0.15, 0.2) is 17.7 Å². The number of aromatic nitrogens is 3. The number of anilines is 1. The van der Waals surface area contributed by atoms with Crippen LogP contribution < -0.4 is 5.32 Å². The molecule has 7 nitrogen and oxygen atoms in total. The van der Waals surface area contributed by atoms with Crippen LogP contribution in [0.15, 0.2) is 17.1 Å². The molecule has 0 aliphatic carbocycles. The molecule has 0 amide bonds. The molecule has 0 unspecified atom stereocenters. The molecule has 0 aliphatic rings. The molecule has 15 heavy (non-hydrogen) atoms. The molecule has 2 aromatic rings. The summed E-state index contributed by atoms with van der Waals surface area (Å²) in [6.45, 7) is 0.286. The predicted molar refractivity (Wildman–Crippen MR) is 50.3 cm³/mol. The highest BCUT2D eigenvalue weighted by Gasteiger charge is 2.07. The van der Waals surface area contributed by atoms with E-state index in [9.17, 15) is 4.79 Å². The fourth-order valence-corrected chi connectivity index (χ4v) is 1.11. The van der Waals surface area contributed by atoms with E-state index in [0.29, 0.717) is 17.0 Å². The zero-order valence-electron chi connectivity index (χ0n) is 7.67. The van der Waals surface area contributed by atoms with Crippen LogP contribution in [0.5, 0.6) is 0 Å². The summed E-state index contributed by atoms with van der Waals surface area (Å²) in [5.41, 5.74) is 0.880. The maximum absolute atomic E-state index is 10.3. The van der Waals surface area contributed by atoms with Gasteiger partial charge < -0.3 is 14.8 Å². The quantitative estimate of drug-likeness (QED) is 0.754. The number of aliphatic carboxylic acids is 1. The van der Waals surface area contributed by atoms with Crippen molar-refractivity contribution in [1.82, 2.24) is 15.0 Å². The standard InChI is InChI=1S/C8H8N4O3/c13-5(14)1-2-9-7-6-8(11-3-10-7)15-4-12-6/h3-4H,1-2H2,(H,13,14)(H,9,10,11). The van der Waals surface area contributed by atoms with Gasteiger partial charge in [-0.2, -0.15) is 4.98 Å². The maximum atomic E-state index is 10.3. The summed E-state index contributed by atoms with van der Waals surface area (Å²) in [4.78, 5) is 22.0. The van der Waals surface area contributed by atoms with Gasteiger partial charge in [0.2, 0.25) is 0 Å². The molecule has 2 heterocycles. The number of hydrogen-bond acceptors (Lipinski definition) is 6. The Labute approximate surface area is 84.2 Å². The van der Waals surface area contributed by atoms with Gasteiger partial charge in [0.25, 0.3) is 5.71 Å². The predicted octanol–water partition coefficient (Wildman–Crippen LogP) is 0.504. The monoisotopic (exact) mass is 208 g/mol. The van der Waals surface area contributed by atoms with Gasteiger partial charge >= 0.3 is 5.97 Å². The van der Waals surface area contributed by atoms with Crippen LogP contribution in [0.1, 0.15) is 6.42 Å². The number of rotatable bonds is 4. The number of fused-ring (bicyclic) bond motifs is 1. The summed E-state index contributed by atoms with van der Waals surface area (Å²) in [7, 11) is 0. The van der Waals surface area contributed by atoms with E-state index in [1.54, 1.807) is 0 Å². The van der Waals surface area contributed by atoms with Crippen LogP contribution in [0.4, 0.5) is 5.82 Å². The first kappa shape index (κ1) is 9.38. The number of nitrogens with one attached hydrogen (secondary N) is 1. The van der Waals surface area contributed by atoms with Gasteiger partial charge in [-0.05, 0) is 0 Å². The minimum Gasteiger partial charge on any atom is -0.481 e. The largest absolute Gasteiger partial charge is 0.481 e. The molecule has 0 saturated carbocycles. The van der Waals surface area contributed by atoms with Crippen LogP contribution in [-0.2, 0) is 4.79 Å². The normalized spacial score (nSPS) is 10.4. The van der Waals surface area contributed by atoms with E-state index < -0.39 is 5.97 Å². The van der Waals surface area contributed by atoms with Crippen molar-refractivity contribution < 1.29 is 14.3 Å². The third kappa shape index (κ3) is 2.01. The number of nitrogens with zero attached hydrogens (tertiary/aromatic N) is 3. The third-order valence-corrected chi connectivity index (χ3v) is 1.77. The molecule has 0 bridgehead atoms. The highest BCUT2D eigenvalue weighted by atomic mass is 16.4. The van der Waals surface area contributed by atoms with Gasteiger partial charge in [-0.1, -0.05) is 0 Å². The first-order chi connectivity index (χ1) is 7.27. The van der Waals surface area contributed by atoms with Crippen LogP contribution in [0.25, 0.3) is 11.2 Å². The minimum absolute atomic E-state index is 0.0172. The Morgan fingerprint density at radius 1 is 1.47 bits per heavy atom. The molecule has 2 aromatic heterocycles. The molecular weight excluding hydrogens is 200 g/mol. The third-order valence-electron chi connectivity index (χ3n) is 1.77. The van der Waals surface area contributed by atoms with Gasteiger partial charge in [0, 0.05) is 6.54 Å². The lowest BCUT2D eigenvalue weighted by atomic mass is 10.4. The molecular formula is C8H8N4O3. The van der Waals surface area contributed by atoms with Crippen LogP contribution in [0, 0.1) is 0 Å². The summed E-state index contributed by atoms with van der Waals surface area (Å²) in [6, 6.07) is 0. The van der Waals surface area contributed by atoms with Gasteiger partial charge in [-0.3, -0.25) is 4.79 Å². The zero-order chi connectivity index (χ0) is 10.7. The summed E-state index contributed by atoms with van der Waals surface area (Å²) < 4.78 is 4.97. The first-order valence-electron chi connectivity index (χ1n) is 4.27. The molecule has 0 atom stereocenters. The second kappa shape index (κ2) is 3.91. The fraction of sp³-hybridized carbons (Fsp3) is 0.250. The van der Waals surface area contributed by atoms with E-state index in [2.05, 4.69) is 20.3 Å². The summed E-state index contributed by atoms with van der Waals surface area (Å²) in [5.74, 6) is -0.386. The molecule has 0 saturated heterocycles. The molecule has 78 valence electrons. The van der Waals surface area contributed by atoms with E-state index in [4.69, 9.17) is 9.52 Å². The van der Waals surface area contributed by atoms with Crippen molar-refractivity contribution in [3.63, 3.8) is 0 Å². The van der Waals surface area contributed by atoms with Crippen molar-refractivity contribution in [3.05, 3.63) is 12.7 Å². The zero-order valence-corrected chi connectivity index (χ0v) is 7.67. The average molecular weight is 208 g/mol. The second-order valence-electron chi connectivity index (χ2n) is 2.80. The molecule has 0 spiro atoms. The average Bonchev–Trinajstić information content (AvgIpc) is 2.65. The highest BCUT2D eigenvalue weighted by molar-refractivity contribution is 5.80. The van der Waals surface area contributed by atoms with Crippen LogP contribution in [0.2, 0.25) is 0 Å². The lowest BCUT2D eigenvalue weighted by Crippen LogP contribution is -2.09. The Bertz CT molecular complexity index is 481. The van der Waals surface area contributed by atoms with Crippen molar-refractivity contribution in [2.24, 2.45) is 0 Å². The second-order valence-corrected chi connectivity index (χ2v) is 2.80. The van der Waals surface area contributed by atoms with Crippen molar-refractivity contribution in [3.8, 4) is 0 Å². The number of oxazole rings is 1. The van der Waals surface area contributed by atoms with Crippen LogP contribution >= 0.6 is 0 Å². The van der Waals surface area contributed by atoms with Crippen LogP contribution in [-0.4, -0.2) is 32.6 Å². The molecule has 2 N–H and O–H groups in total. The molecule has 0 radical (unpaired) electrons. The minimum atomic E-state index is -0.868. The van der Waals surface area contributed by atoms with E-state index in [1.165, 1.54) is 12.7 Å².